The summed E-state index contributed by atoms with van der Waals surface area (Å²) in [5, 5.41) is 7.68. The van der Waals surface area contributed by atoms with Crippen LogP contribution >= 0.6 is 11.6 Å². The molecular formula is C8H6ClNO. The number of carbonyl (C=O) groups excluding carboxylic acids is 1. The molecule has 1 N–H and O–H groups in total. The summed E-state index contributed by atoms with van der Waals surface area (Å²) in [5.41, 5.74) is 0.500. The Balaban J connectivity index is 3.05. The van der Waals surface area contributed by atoms with Crippen LogP contribution in [0.15, 0.2) is 24.3 Å². The molecule has 0 radical (unpaired) electrons. The Bertz CT molecular complexity index is 296. The molecule has 0 saturated carbocycles. The molecule has 2 nitrogen and oxygen atoms in total. The Morgan fingerprint density at radius 2 is 2.27 bits per heavy atom. The van der Waals surface area contributed by atoms with Crippen LogP contribution in [0.3, 0.4) is 0 Å². The zero-order valence-corrected chi connectivity index (χ0v) is 6.43. The molecule has 0 heterocycles. The molecule has 3 heteroatoms. The van der Waals surface area contributed by atoms with Crippen molar-refractivity contribution in [3.05, 3.63) is 34.9 Å². The molecule has 1 aromatic carbocycles. The van der Waals surface area contributed by atoms with Crippen molar-refractivity contribution in [2.24, 2.45) is 0 Å². The van der Waals surface area contributed by atoms with Gasteiger partial charge in [0.2, 0.25) is 0 Å². The molecule has 0 fully saturated rings. The smallest absolute Gasteiger partial charge is 0.168 e. The van der Waals surface area contributed by atoms with Crippen LogP contribution < -0.4 is 0 Å². The Kier molecular flexibility index (Phi) is 2.39. The van der Waals surface area contributed by atoms with Crippen molar-refractivity contribution in [2.45, 2.75) is 0 Å². The van der Waals surface area contributed by atoms with E-state index in [0.717, 1.165) is 0 Å². The second-order valence-electron chi connectivity index (χ2n) is 2.04. The van der Waals surface area contributed by atoms with Crippen molar-refractivity contribution in [1.29, 1.82) is 5.41 Å². The highest BCUT2D eigenvalue weighted by molar-refractivity contribution is 6.36. The number of benzene rings is 1. The number of nitrogens with one attached hydrogen (secondary N) is 1. The van der Waals surface area contributed by atoms with Gasteiger partial charge in [-0.1, -0.05) is 23.7 Å². The summed E-state index contributed by atoms with van der Waals surface area (Å²) in [6.45, 7) is 0. The van der Waals surface area contributed by atoms with Crippen molar-refractivity contribution < 1.29 is 4.79 Å². The van der Waals surface area contributed by atoms with E-state index in [1.165, 1.54) is 0 Å². The lowest BCUT2D eigenvalue weighted by Crippen LogP contribution is -1.98. The third-order valence-electron chi connectivity index (χ3n) is 1.25. The lowest BCUT2D eigenvalue weighted by Gasteiger charge is -1.95. The van der Waals surface area contributed by atoms with E-state index in [2.05, 4.69) is 0 Å². The average molecular weight is 168 g/mol. The topological polar surface area (TPSA) is 40.9 Å². The molecule has 0 bridgehead atoms. The van der Waals surface area contributed by atoms with Crippen LogP contribution in [0.4, 0.5) is 0 Å². The molecule has 0 aliphatic heterocycles. The van der Waals surface area contributed by atoms with Gasteiger partial charge in [-0.3, -0.25) is 10.2 Å². The number of halogens is 1. The fourth-order valence-corrected chi connectivity index (χ4v) is 0.914. The monoisotopic (exact) mass is 167 g/mol. The van der Waals surface area contributed by atoms with Crippen molar-refractivity contribution in [3.63, 3.8) is 0 Å². The predicted molar refractivity (Wildman–Crippen MR) is 44.3 cm³/mol. The fourth-order valence-electron chi connectivity index (χ4n) is 0.724. The molecule has 11 heavy (non-hydrogen) atoms. The predicted octanol–water partition coefficient (Wildman–Crippen LogP) is 1.91. The van der Waals surface area contributed by atoms with Gasteiger partial charge in [0.15, 0.2) is 6.29 Å². The summed E-state index contributed by atoms with van der Waals surface area (Å²) in [6, 6.07) is 6.65. The van der Waals surface area contributed by atoms with E-state index < -0.39 is 0 Å². The Labute approximate surface area is 69.3 Å². The molecule has 0 aliphatic carbocycles. The van der Waals surface area contributed by atoms with Crippen molar-refractivity contribution in [1.82, 2.24) is 0 Å². The van der Waals surface area contributed by atoms with E-state index in [0.29, 0.717) is 16.9 Å². The summed E-state index contributed by atoms with van der Waals surface area (Å²) in [7, 11) is 0. The molecule has 0 aliphatic rings. The largest absolute Gasteiger partial charge is 0.297 e. The standard InChI is InChI=1S/C8H6ClNO/c9-7-3-1-2-6(4-7)8(10)5-11/h1-5,10H. The summed E-state index contributed by atoms with van der Waals surface area (Å²) in [6.07, 6.45) is 0.492. The minimum Gasteiger partial charge on any atom is -0.297 e. The van der Waals surface area contributed by atoms with E-state index in [4.69, 9.17) is 17.0 Å². The summed E-state index contributed by atoms with van der Waals surface area (Å²) in [4.78, 5) is 10.1. The second kappa shape index (κ2) is 3.30. The molecule has 0 aromatic heterocycles. The number of hydrogen-bond donors (Lipinski definition) is 1. The van der Waals surface area contributed by atoms with Crippen LogP contribution in [0.1, 0.15) is 5.56 Å². The molecule has 0 saturated heterocycles. The number of hydrogen-bond acceptors (Lipinski definition) is 2. The minimum atomic E-state index is -0.0486. The van der Waals surface area contributed by atoms with Crippen molar-refractivity contribution >= 4 is 23.6 Å². The van der Waals surface area contributed by atoms with Crippen LogP contribution in [-0.4, -0.2) is 12.0 Å². The van der Waals surface area contributed by atoms with Crippen LogP contribution in [-0.2, 0) is 4.79 Å². The molecule has 0 amide bonds. The van der Waals surface area contributed by atoms with Gasteiger partial charge < -0.3 is 0 Å². The molecule has 56 valence electrons. The first kappa shape index (κ1) is 7.95. The number of aldehydes is 1. The molecule has 0 spiro atoms. The number of rotatable bonds is 2. The third kappa shape index (κ3) is 1.88. The van der Waals surface area contributed by atoms with Crippen molar-refractivity contribution in [2.75, 3.05) is 0 Å². The quantitative estimate of drug-likeness (QED) is 0.531. The molecule has 0 unspecified atom stereocenters. The van der Waals surface area contributed by atoms with Gasteiger partial charge in [0, 0.05) is 10.6 Å². The Morgan fingerprint density at radius 1 is 1.55 bits per heavy atom. The second-order valence-corrected chi connectivity index (χ2v) is 2.48. The van der Waals surface area contributed by atoms with Gasteiger partial charge in [-0.2, -0.15) is 0 Å². The lowest BCUT2D eigenvalue weighted by atomic mass is 10.1. The fraction of sp³-hybridized carbons (Fsp3) is 0. The van der Waals surface area contributed by atoms with Crippen LogP contribution in [0.25, 0.3) is 0 Å². The maximum atomic E-state index is 10.1. The van der Waals surface area contributed by atoms with E-state index in [1.807, 2.05) is 0 Å². The van der Waals surface area contributed by atoms with Gasteiger partial charge in [0.25, 0.3) is 0 Å². The van der Waals surface area contributed by atoms with E-state index in [1.54, 1.807) is 24.3 Å². The van der Waals surface area contributed by atoms with E-state index >= 15 is 0 Å². The van der Waals surface area contributed by atoms with E-state index in [-0.39, 0.29) is 5.71 Å². The van der Waals surface area contributed by atoms with Gasteiger partial charge in [-0.25, -0.2) is 0 Å². The molecule has 1 aromatic rings. The SMILES string of the molecule is N=C(C=O)c1cccc(Cl)c1. The zero-order chi connectivity index (χ0) is 8.27. The normalized spacial score (nSPS) is 9.18. The van der Waals surface area contributed by atoms with Crippen molar-refractivity contribution in [3.8, 4) is 0 Å². The number of carbonyl (C=O) groups is 1. The first-order valence-corrected chi connectivity index (χ1v) is 3.41. The Morgan fingerprint density at radius 3 is 2.82 bits per heavy atom. The van der Waals surface area contributed by atoms with Gasteiger partial charge >= 0.3 is 0 Å². The van der Waals surface area contributed by atoms with Crippen LogP contribution in [0.2, 0.25) is 5.02 Å². The minimum absolute atomic E-state index is 0.0486. The Hall–Kier alpha value is -1.15. The van der Waals surface area contributed by atoms with Gasteiger partial charge in [0.1, 0.15) is 5.71 Å². The summed E-state index contributed by atoms with van der Waals surface area (Å²) in [5.74, 6) is 0. The highest BCUT2D eigenvalue weighted by atomic mass is 35.5. The maximum Gasteiger partial charge on any atom is 0.168 e. The average Bonchev–Trinajstić information content (AvgIpc) is 2.03. The summed E-state index contributed by atoms with van der Waals surface area (Å²) < 4.78 is 0. The van der Waals surface area contributed by atoms with Gasteiger partial charge in [-0.15, -0.1) is 0 Å². The lowest BCUT2D eigenvalue weighted by molar-refractivity contribution is -0.102. The summed E-state index contributed by atoms with van der Waals surface area (Å²) >= 11 is 5.63. The molecule has 0 atom stereocenters. The molecule has 1 rings (SSSR count). The maximum absolute atomic E-state index is 10.1. The zero-order valence-electron chi connectivity index (χ0n) is 5.67. The van der Waals surface area contributed by atoms with E-state index in [9.17, 15) is 4.79 Å². The highest BCUT2D eigenvalue weighted by Gasteiger charge is 1.98. The third-order valence-corrected chi connectivity index (χ3v) is 1.49. The molecular weight excluding hydrogens is 162 g/mol. The van der Waals surface area contributed by atoms with Crippen LogP contribution in [0.5, 0.6) is 0 Å². The van der Waals surface area contributed by atoms with Crippen LogP contribution in [0, 0.1) is 5.41 Å². The van der Waals surface area contributed by atoms with Gasteiger partial charge in [0.05, 0.1) is 0 Å². The first-order chi connectivity index (χ1) is 5.24. The first-order valence-electron chi connectivity index (χ1n) is 3.03. The highest BCUT2D eigenvalue weighted by Crippen LogP contribution is 2.10. The van der Waals surface area contributed by atoms with Gasteiger partial charge in [-0.05, 0) is 12.1 Å².